The van der Waals surface area contributed by atoms with Gasteiger partial charge in [-0.15, -0.1) is 0 Å². The van der Waals surface area contributed by atoms with Gasteiger partial charge in [-0.05, 0) is 29.7 Å². The Morgan fingerprint density at radius 1 is 1.07 bits per heavy atom. The fourth-order valence-electron chi connectivity index (χ4n) is 3.87. The smallest absolute Gasteiger partial charge is 0.311 e. The van der Waals surface area contributed by atoms with E-state index in [0.29, 0.717) is 12.0 Å². The largest absolute Gasteiger partial charge is 0.502 e. The molecule has 3 aromatic rings. The summed E-state index contributed by atoms with van der Waals surface area (Å²) in [5, 5.41) is 24.4. The Kier molecular flexibility index (Phi) is 5.02. The molecule has 1 amide bonds. The summed E-state index contributed by atoms with van der Waals surface area (Å²) in [4.78, 5) is 23.1. The lowest BCUT2D eigenvalue weighted by atomic mass is 9.85. The summed E-state index contributed by atoms with van der Waals surface area (Å²) in [5.41, 5.74) is 4.30. The maximum absolute atomic E-state index is 12.8. The Hall–Kier alpha value is -4.00. The first-order valence-electron chi connectivity index (χ1n) is 9.44. The third-order valence-electron chi connectivity index (χ3n) is 5.44. The van der Waals surface area contributed by atoms with Crippen LogP contribution in [0.1, 0.15) is 23.1 Å². The van der Waals surface area contributed by atoms with Gasteiger partial charge in [-0.1, -0.05) is 60.7 Å². The fourth-order valence-corrected chi connectivity index (χ4v) is 3.87. The monoisotopic (exact) mass is 401 g/mol. The summed E-state index contributed by atoms with van der Waals surface area (Å²) in [7, 11) is 0. The number of benzene rings is 3. The Labute approximate surface area is 172 Å². The van der Waals surface area contributed by atoms with Crippen LogP contribution in [0, 0.1) is 16.0 Å². The number of rotatable bonds is 6. The normalized spacial score (nSPS) is 16.9. The molecule has 0 aromatic heterocycles. The van der Waals surface area contributed by atoms with E-state index in [9.17, 15) is 20.0 Å². The molecule has 0 unspecified atom stereocenters. The third kappa shape index (κ3) is 3.53. The molecule has 1 fully saturated rings. The zero-order valence-electron chi connectivity index (χ0n) is 15.9. The molecule has 1 aliphatic rings. The second kappa shape index (κ2) is 7.79. The first-order valence-corrected chi connectivity index (χ1v) is 9.44. The van der Waals surface area contributed by atoms with E-state index in [2.05, 4.69) is 10.5 Å². The van der Waals surface area contributed by atoms with Crippen molar-refractivity contribution in [1.82, 2.24) is 5.43 Å². The molecule has 1 atom stereocenters. The van der Waals surface area contributed by atoms with E-state index in [0.717, 1.165) is 11.1 Å². The van der Waals surface area contributed by atoms with Crippen molar-refractivity contribution in [3.8, 4) is 5.75 Å². The summed E-state index contributed by atoms with van der Waals surface area (Å²) in [6.45, 7) is 0. The maximum Gasteiger partial charge on any atom is 0.311 e. The molecule has 1 saturated carbocycles. The van der Waals surface area contributed by atoms with E-state index in [4.69, 9.17) is 0 Å². The second-order valence-electron chi connectivity index (χ2n) is 7.20. The molecular formula is C23H19N3O4. The Bertz CT molecular complexity index is 1070. The molecule has 150 valence electrons. The number of carbonyl (C=O) groups excluding carboxylic acids is 1. The summed E-state index contributed by atoms with van der Waals surface area (Å²) < 4.78 is 0. The van der Waals surface area contributed by atoms with E-state index in [1.807, 2.05) is 60.7 Å². The lowest BCUT2D eigenvalue weighted by Gasteiger charge is -2.18. The molecule has 0 bridgehead atoms. The second-order valence-corrected chi connectivity index (χ2v) is 7.20. The molecule has 0 spiro atoms. The molecule has 3 aromatic carbocycles. The van der Waals surface area contributed by atoms with Crippen LogP contribution in [0.25, 0.3) is 0 Å². The number of phenolic OH excluding ortho intramolecular Hbond substituents is 1. The average molecular weight is 401 g/mol. The molecule has 7 nitrogen and oxygen atoms in total. The predicted molar refractivity (Wildman–Crippen MR) is 112 cm³/mol. The summed E-state index contributed by atoms with van der Waals surface area (Å²) in [6, 6.07) is 23.7. The van der Waals surface area contributed by atoms with Crippen LogP contribution in [0.4, 0.5) is 5.69 Å². The first kappa shape index (κ1) is 19.3. The number of carbonyl (C=O) groups is 1. The number of nitrogens with one attached hydrogen (secondary N) is 1. The summed E-state index contributed by atoms with van der Waals surface area (Å²) in [6.07, 6.45) is 1.99. The first-order chi connectivity index (χ1) is 14.5. The Morgan fingerprint density at radius 3 is 2.23 bits per heavy atom. The Morgan fingerprint density at radius 2 is 1.67 bits per heavy atom. The van der Waals surface area contributed by atoms with Gasteiger partial charge in [0.05, 0.1) is 17.1 Å². The predicted octanol–water partition coefficient (Wildman–Crippen LogP) is 3.76. The van der Waals surface area contributed by atoms with E-state index in [-0.39, 0.29) is 17.2 Å². The average Bonchev–Trinajstić information content (AvgIpc) is 3.53. The van der Waals surface area contributed by atoms with Crippen molar-refractivity contribution < 1.29 is 14.8 Å². The Balaban J connectivity index is 1.52. The van der Waals surface area contributed by atoms with Crippen LogP contribution >= 0.6 is 0 Å². The molecule has 0 aliphatic heterocycles. The number of phenols is 1. The number of nitro benzene ring substituents is 1. The van der Waals surface area contributed by atoms with Crippen LogP contribution in [0.5, 0.6) is 5.75 Å². The summed E-state index contributed by atoms with van der Waals surface area (Å²) >= 11 is 0. The van der Waals surface area contributed by atoms with Gasteiger partial charge in [0.1, 0.15) is 0 Å². The van der Waals surface area contributed by atoms with Gasteiger partial charge in [0, 0.05) is 17.0 Å². The zero-order valence-corrected chi connectivity index (χ0v) is 15.9. The number of hydrogen-bond donors (Lipinski definition) is 2. The highest BCUT2D eigenvalue weighted by Crippen LogP contribution is 2.58. The molecular weight excluding hydrogens is 382 g/mol. The van der Waals surface area contributed by atoms with Crippen molar-refractivity contribution in [2.45, 2.75) is 11.8 Å². The summed E-state index contributed by atoms with van der Waals surface area (Å²) in [5.74, 6) is -0.907. The van der Waals surface area contributed by atoms with Crippen molar-refractivity contribution in [2.75, 3.05) is 0 Å². The van der Waals surface area contributed by atoms with Crippen LogP contribution in [0.15, 0.2) is 84.0 Å². The van der Waals surface area contributed by atoms with Crippen LogP contribution in [0.3, 0.4) is 0 Å². The van der Waals surface area contributed by atoms with Crippen LogP contribution in [-0.2, 0) is 10.2 Å². The molecule has 7 heteroatoms. The van der Waals surface area contributed by atoms with Gasteiger partial charge >= 0.3 is 5.69 Å². The lowest BCUT2D eigenvalue weighted by Crippen LogP contribution is -2.25. The number of hydrazone groups is 1. The quantitative estimate of drug-likeness (QED) is 0.373. The van der Waals surface area contributed by atoms with Gasteiger partial charge in [-0.2, -0.15) is 5.10 Å². The van der Waals surface area contributed by atoms with E-state index >= 15 is 0 Å². The van der Waals surface area contributed by atoms with Crippen LogP contribution in [0.2, 0.25) is 0 Å². The van der Waals surface area contributed by atoms with Crippen molar-refractivity contribution >= 4 is 17.8 Å². The number of hydrogen-bond acceptors (Lipinski definition) is 5. The number of aromatic hydroxyl groups is 1. The van der Waals surface area contributed by atoms with Crippen LogP contribution in [-0.4, -0.2) is 22.2 Å². The van der Waals surface area contributed by atoms with Gasteiger partial charge in [0.2, 0.25) is 5.91 Å². The number of amides is 1. The van der Waals surface area contributed by atoms with Crippen LogP contribution < -0.4 is 5.43 Å². The molecule has 4 rings (SSSR count). The van der Waals surface area contributed by atoms with Crippen molar-refractivity contribution in [1.29, 1.82) is 0 Å². The minimum Gasteiger partial charge on any atom is -0.502 e. The minimum atomic E-state index is -0.677. The highest BCUT2D eigenvalue weighted by Gasteiger charge is 2.60. The zero-order chi connectivity index (χ0) is 21.1. The van der Waals surface area contributed by atoms with Crippen molar-refractivity contribution in [2.24, 2.45) is 11.0 Å². The highest BCUT2D eigenvalue weighted by atomic mass is 16.6. The third-order valence-corrected chi connectivity index (χ3v) is 5.44. The SMILES string of the molecule is O=C(N/N=C\c1ccc(O)c([N+](=O)[O-])c1)[C@H]1CC1(c1ccccc1)c1ccccc1. The molecule has 1 aliphatic carbocycles. The van der Waals surface area contributed by atoms with Gasteiger partial charge in [-0.25, -0.2) is 5.43 Å². The number of nitro groups is 1. The van der Waals surface area contributed by atoms with Gasteiger partial charge < -0.3 is 5.11 Å². The maximum atomic E-state index is 12.8. The minimum absolute atomic E-state index is 0.216. The van der Waals surface area contributed by atoms with Gasteiger partial charge in [0.25, 0.3) is 0 Å². The van der Waals surface area contributed by atoms with Gasteiger partial charge in [0.15, 0.2) is 5.75 Å². The molecule has 0 radical (unpaired) electrons. The van der Waals surface area contributed by atoms with Crippen molar-refractivity contribution in [3.63, 3.8) is 0 Å². The topological polar surface area (TPSA) is 105 Å². The fraction of sp³-hybridized carbons (Fsp3) is 0.130. The van der Waals surface area contributed by atoms with E-state index in [1.165, 1.54) is 24.4 Å². The molecule has 2 N–H and O–H groups in total. The molecule has 30 heavy (non-hydrogen) atoms. The van der Waals surface area contributed by atoms with Gasteiger partial charge in [-0.3, -0.25) is 14.9 Å². The highest BCUT2D eigenvalue weighted by molar-refractivity contribution is 5.88. The van der Waals surface area contributed by atoms with E-state index < -0.39 is 16.4 Å². The molecule has 0 heterocycles. The standard InChI is InChI=1S/C23H19N3O4/c27-21-12-11-16(13-20(21)26(29)30)15-24-25-22(28)19-14-23(19,17-7-3-1-4-8-17)18-9-5-2-6-10-18/h1-13,15,19,27H,14H2,(H,25,28)/b24-15-/t19-/m1/s1. The van der Waals surface area contributed by atoms with Crippen molar-refractivity contribution in [3.05, 3.63) is 106 Å². The number of nitrogens with zero attached hydrogens (tertiary/aromatic N) is 2. The molecule has 0 saturated heterocycles. The lowest BCUT2D eigenvalue weighted by molar-refractivity contribution is -0.385. The van der Waals surface area contributed by atoms with E-state index in [1.54, 1.807) is 0 Å².